The Hall–Kier alpha value is -2.44. The highest BCUT2D eigenvalue weighted by Crippen LogP contribution is 2.18. The van der Waals surface area contributed by atoms with Crippen molar-refractivity contribution in [3.8, 4) is 0 Å². The molecular formula is C18H21N3O3. The van der Waals surface area contributed by atoms with Crippen LogP contribution in [0.1, 0.15) is 29.5 Å². The lowest BCUT2D eigenvalue weighted by Crippen LogP contribution is -2.29. The van der Waals surface area contributed by atoms with E-state index in [-0.39, 0.29) is 12.5 Å². The maximum Gasteiger partial charge on any atom is 0.246 e. The van der Waals surface area contributed by atoms with Crippen LogP contribution in [0.25, 0.3) is 6.08 Å². The molecule has 0 spiro atoms. The highest BCUT2D eigenvalue weighted by Gasteiger charge is 2.21. The minimum atomic E-state index is -0.980. The molecule has 24 heavy (non-hydrogen) atoms. The first-order valence-electron chi connectivity index (χ1n) is 8.05. The lowest BCUT2D eigenvalue weighted by atomic mass is 10.2. The molecule has 0 saturated carbocycles. The minimum Gasteiger partial charge on any atom is -0.393 e. The standard InChI is InChI=1S/C18H21N3O3/c22-13-17(23)16-11-15-12-20(9-4-10-21(15)19-16)18(24)8-7-14-5-2-1-3-6-14/h1-3,5-8,11,17,22-23H,4,9-10,12-13H2/b8-7+/t17-/m0/s1. The van der Waals surface area contributed by atoms with Gasteiger partial charge in [-0.05, 0) is 24.1 Å². The van der Waals surface area contributed by atoms with Gasteiger partial charge < -0.3 is 15.1 Å². The summed E-state index contributed by atoms with van der Waals surface area (Å²) in [5.41, 5.74) is 2.30. The zero-order valence-corrected chi connectivity index (χ0v) is 13.4. The lowest BCUT2D eigenvalue weighted by molar-refractivity contribution is -0.126. The SMILES string of the molecule is O=C(/C=C/c1ccccc1)N1CCCn2nc([C@@H](O)CO)cc2C1. The largest absolute Gasteiger partial charge is 0.393 e. The van der Waals surface area contributed by atoms with Crippen LogP contribution in [0.3, 0.4) is 0 Å². The summed E-state index contributed by atoms with van der Waals surface area (Å²) in [6.07, 6.45) is 3.22. The van der Waals surface area contributed by atoms with Crippen LogP contribution in [0, 0.1) is 0 Å². The van der Waals surface area contributed by atoms with Gasteiger partial charge in [0.15, 0.2) is 0 Å². The first kappa shape index (κ1) is 16.4. The first-order valence-corrected chi connectivity index (χ1v) is 8.05. The van der Waals surface area contributed by atoms with Crippen molar-refractivity contribution in [3.63, 3.8) is 0 Å². The van der Waals surface area contributed by atoms with E-state index in [0.29, 0.717) is 25.3 Å². The van der Waals surface area contributed by atoms with Gasteiger partial charge in [0.25, 0.3) is 0 Å². The number of nitrogens with zero attached hydrogens (tertiary/aromatic N) is 3. The summed E-state index contributed by atoms with van der Waals surface area (Å²) in [7, 11) is 0. The number of aliphatic hydroxyl groups excluding tert-OH is 2. The average molecular weight is 327 g/mol. The normalized spacial score (nSPS) is 16.0. The number of fused-ring (bicyclic) bond motifs is 1. The van der Waals surface area contributed by atoms with E-state index in [2.05, 4.69) is 5.10 Å². The third-order valence-corrected chi connectivity index (χ3v) is 4.08. The maximum absolute atomic E-state index is 12.5. The number of aliphatic hydroxyl groups is 2. The Kier molecular flexibility index (Phi) is 5.08. The molecule has 2 N–H and O–H groups in total. The molecule has 1 aliphatic rings. The smallest absolute Gasteiger partial charge is 0.246 e. The first-order chi connectivity index (χ1) is 11.7. The van der Waals surface area contributed by atoms with E-state index in [9.17, 15) is 9.90 Å². The number of aromatic nitrogens is 2. The monoisotopic (exact) mass is 327 g/mol. The maximum atomic E-state index is 12.5. The van der Waals surface area contributed by atoms with Crippen LogP contribution < -0.4 is 0 Å². The number of hydrogen-bond acceptors (Lipinski definition) is 4. The van der Waals surface area contributed by atoms with Crippen LogP contribution in [-0.2, 0) is 17.9 Å². The Labute approximate surface area is 140 Å². The molecule has 0 aliphatic carbocycles. The summed E-state index contributed by atoms with van der Waals surface area (Å²) in [4.78, 5) is 14.2. The summed E-state index contributed by atoms with van der Waals surface area (Å²) < 4.78 is 1.81. The van der Waals surface area contributed by atoms with E-state index in [0.717, 1.165) is 17.7 Å². The van der Waals surface area contributed by atoms with E-state index < -0.39 is 6.10 Å². The highest BCUT2D eigenvalue weighted by atomic mass is 16.3. The predicted octanol–water partition coefficient (Wildman–Crippen LogP) is 1.35. The molecule has 0 radical (unpaired) electrons. The fraction of sp³-hybridized carbons (Fsp3) is 0.333. The molecule has 6 heteroatoms. The molecule has 0 saturated heterocycles. The van der Waals surface area contributed by atoms with Crippen LogP contribution in [0.5, 0.6) is 0 Å². The van der Waals surface area contributed by atoms with Crippen LogP contribution in [-0.4, -0.2) is 44.0 Å². The van der Waals surface area contributed by atoms with E-state index in [1.165, 1.54) is 0 Å². The molecule has 1 aliphatic heterocycles. The fourth-order valence-electron chi connectivity index (χ4n) is 2.77. The third-order valence-electron chi connectivity index (χ3n) is 4.08. The van der Waals surface area contributed by atoms with E-state index in [4.69, 9.17) is 5.11 Å². The summed E-state index contributed by atoms with van der Waals surface area (Å²) in [6.45, 7) is 1.45. The zero-order chi connectivity index (χ0) is 16.9. The Morgan fingerprint density at radius 2 is 2.08 bits per heavy atom. The van der Waals surface area contributed by atoms with Crippen molar-refractivity contribution < 1.29 is 15.0 Å². The van der Waals surface area contributed by atoms with Crippen molar-refractivity contribution in [1.29, 1.82) is 0 Å². The minimum absolute atomic E-state index is 0.0437. The fourth-order valence-corrected chi connectivity index (χ4v) is 2.77. The molecule has 1 atom stereocenters. The molecule has 126 valence electrons. The van der Waals surface area contributed by atoms with Gasteiger partial charge in [0.1, 0.15) is 6.10 Å². The van der Waals surface area contributed by atoms with Gasteiger partial charge in [0.05, 0.1) is 24.5 Å². The van der Waals surface area contributed by atoms with E-state index in [1.54, 1.807) is 17.0 Å². The Balaban J connectivity index is 1.72. The number of amides is 1. The molecule has 0 bridgehead atoms. The van der Waals surface area contributed by atoms with Crippen LogP contribution in [0.15, 0.2) is 42.5 Å². The van der Waals surface area contributed by atoms with Crippen molar-refractivity contribution in [2.75, 3.05) is 13.2 Å². The number of aryl methyl sites for hydroxylation is 1. The number of carbonyl (C=O) groups is 1. The van der Waals surface area contributed by atoms with Crippen molar-refractivity contribution in [3.05, 3.63) is 59.4 Å². The lowest BCUT2D eigenvalue weighted by Gasteiger charge is -2.17. The number of benzene rings is 1. The number of hydrogen-bond donors (Lipinski definition) is 2. The summed E-state index contributed by atoms with van der Waals surface area (Å²) in [6, 6.07) is 11.5. The van der Waals surface area contributed by atoms with Gasteiger partial charge >= 0.3 is 0 Å². The van der Waals surface area contributed by atoms with E-state index >= 15 is 0 Å². The molecule has 6 nitrogen and oxygen atoms in total. The molecule has 1 amide bonds. The highest BCUT2D eigenvalue weighted by molar-refractivity contribution is 5.91. The Morgan fingerprint density at radius 1 is 1.29 bits per heavy atom. The molecule has 1 aromatic carbocycles. The molecule has 2 aromatic rings. The second-order valence-electron chi connectivity index (χ2n) is 5.84. The van der Waals surface area contributed by atoms with Crippen LogP contribution >= 0.6 is 0 Å². The average Bonchev–Trinajstić information content (AvgIpc) is 2.91. The zero-order valence-electron chi connectivity index (χ0n) is 13.4. The number of carbonyl (C=O) groups excluding carboxylic acids is 1. The second kappa shape index (κ2) is 7.42. The quantitative estimate of drug-likeness (QED) is 0.831. The summed E-state index contributed by atoms with van der Waals surface area (Å²) in [5.74, 6) is -0.0437. The Bertz CT molecular complexity index is 724. The summed E-state index contributed by atoms with van der Waals surface area (Å²) >= 11 is 0. The second-order valence-corrected chi connectivity index (χ2v) is 5.84. The van der Waals surface area contributed by atoms with Crippen molar-refractivity contribution in [2.45, 2.75) is 25.6 Å². The van der Waals surface area contributed by atoms with Crippen LogP contribution in [0.4, 0.5) is 0 Å². The van der Waals surface area contributed by atoms with Gasteiger partial charge in [-0.3, -0.25) is 9.48 Å². The molecular weight excluding hydrogens is 306 g/mol. The van der Waals surface area contributed by atoms with Crippen LogP contribution in [0.2, 0.25) is 0 Å². The molecule has 0 fully saturated rings. The topological polar surface area (TPSA) is 78.6 Å². The van der Waals surface area contributed by atoms with Gasteiger partial charge in [0.2, 0.25) is 5.91 Å². The van der Waals surface area contributed by atoms with Gasteiger partial charge in [-0.2, -0.15) is 5.10 Å². The number of rotatable bonds is 4. The third kappa shape index (κ3) is 3.72. The molecule has 0 unspecified atom stereocenters. The van der Waals surface area contributed by atoms with Crippen molar-refractivity contribution in [2.24, 2.45) is 0 Å². The molecule has 3 rings (SSSR count). The van der Waals surface area contributed by atoms with Gasteiger partial charge in [-0.1, -0.05) is 30.3 Å². The van der Waals surface area contributed by atoms with Gasteiger partial charge in [-0.15, -0.1) is 0 Å². The summed E-state index contributed by atoms with van der Waals surface area (Å²) in [5, 5.41) is 23.1. The Morgan fingerprint density at radius 3 is 2.83 bits per heavy atom. The van der Waals surface area contributed by atoms with Crippen molar-refractivity contribution >= 4 is 12.0 Å². The predicted molar refractivity (Wildman–Crippen MR) is 89.8 cm³/mol. The van der Waals surface area contributed by atoms with Gasteiger partial charge in [-0.25, -0.2) is 0 Å². The van der Waals surface area contributed by atoms with Gasteiger partial charge in [0, 0.05) is 19.2 Å². The molecule has 2 heterocycles. The van der Waals surface area contributed by atoms with Crippen molar-refractivity contribution in [1.82, 2.24) is 14.7 Å². The molecule has 1 aromatic heterocycles. The van der Waals surface area contributed by atoms with E-state index in [1.807, 2.05) is 41.1 Å².